The Hall–Kier alpha value is -6.00. The second-order valence-electron chi connectivity index (χ2n) is 10.1. The van der Waals surface area contributed by atoms with Crippen LogP contribution in [0.3, 0.4) is 0 Å². The first-order chi connectivity index (χ1) is 23.4. The summed E-state index contributed by atoms with van der Waals surface area (Å²) < 4.78 is 53.4. The molecule has 0 amide bonds. The van der Waals surface area contributed by atoms with Gasteiger partial charge in [-0.2, -0.15) is 18.6 Å². The minimum atomic E-state index is -4.27. The Morgan fingerprint density at radius 1 is 0.875 bits per heavy atom. The predicted molar refractivity (Wildman–Crippen MR) is 173 cm³/mol. The van der Waals surface area contributed by atoms with Gasteiger partial charge in [-0.05, 0) is 53.6 Å². The number of tetrazole rings is 1. The van der Waals surface area contributed by atoms with Crippen LogP contribution in [-0.2, 0) is 21.4 Å². The van der Waals surface area contributed by atoms with Crippen molar-refractivity contribution in [2.75, 3.05) is 25.0 Å². The molecule has 2 aromatic carbocycles. The van der Waals surface area contributed by atoms with Gasteiger partial charge < -0.3 is 18.9 Å². The number of methoxy groups -OCH3 is 1. The van der Waals surface area contributed by atoms with E-state index in [0.29, 0.717) is 23.6 Å². The molecule has 0 aliphatic heterocycles. The number of anilines is 1. The zero-order valence-electron chi connectivity index (χ0n) is 25.8. The molecule has 4 heterocycles. The number of benzene rings is 2. The molecule has 4 aromatic heterocycles. The third-order valence-electron chi connectivity index (χ3n) is 6.68. The Morgan fingerprint density at radius 2 is 1.69 bits per heavy atom. The summed E-state index contributed by atoms with van der Waals surface area (Å²) >= 11 is 0. The third-order valence-corrected chi connectivity index (χ3v) is 7.93. The van der Waals surface area contributed by atoms with Crippen molar-refractivity contribution in [3.8, 4) is 46.0 Å². The minimum absolute atomic E-state index is 0.0434. The number of aromatic amines is 1. The molecule has 0 bridgehead atoms. The van der Waals surface area contributed by atoms with Crippen LogP contribution in [0.1, 0.15) is 11.1 Å². The zero-order chi connectivity index (χ0) is 33.3. The third kappa shape index (κ3) is 7.68. The first-order valence-electron chi connectivity index (χ1n) is 14.5. The first kappa shape index (κ1) is 32.0. The molecule has 0 spiro atoms. The van der Waals surface area contributed by atoms with E-state index < -0.39 is 10.0 Å². The van der Waals surface area contributed by atoms with Crippen molar-refractivity contribution >= 4 is 15.8 Å². The molecule has 48 heavy (non-hydrogen) atoms. The number of sulfonamides is 1. The summed E-state index contributed by atoms with van der Waals surface area (Å²) in [6, 6.07) is 22.8. The van der Waals surface area contributed by atoms with Gasteiger partial charge in [0.25, 0.3) is 15.9 Å². The fraction of sp³-hybridized carbons (Fsp3) is 0.156. The quantitative estimate of drug-likeness (QED) is 0.153. The van der Waals surface area contributed by atoms with Gasteiger partial charge >= 0.3 is 0 Å². The largest absolute Gasteiger partial charge is 0.493 e. The standard InChI is InChI=1S/C32H29N9O6S/c1-21-12-13-27(34-19-21)48(42,43)39-31-28(47-26-11-7-6-10-25(26)44-2)32(46-17-16-45-20-22-8-4-3-5-9-22)36-29(35-31)23-14-15-33-24(18-23)30-37-40-41-38-30/h3-15,18-19H,16-17,20H2,1-2H3,(H,35,36,39)(H,37,38,40,41). The molecule has 0 aliphatic rings. The lowest BCUT2D eigenvalue weighted by atomic mass is 10.2. The molecule has 0 saturated heterocycles. The highest BCUT2D eigenvalue weighted by atomic mass is 32.2. The Kier molecular flexibility index (Phi) is 9.73. The van der Waals surface area contributed by atoms with E-state index >= 15 is 0 Å². The lowest BCUT2D eigenvalue weighted by molar-refractivity contribution is 0.0866. The number of nitrogens with one attached hydrogen (secondary N) is 2. The fourth-order valence-corrected chi connectivity index (χ4v) is 5.28. The topological polar surface area (TPSA) is 189 Å². The highest BCUT2D eigenvalue weighted by molar-refractivity contribution is 7.92. The van der Waals surface area contributed by atoms with Crippen LogP contribution in [-0.4, -0.2) is 69.3 Å². The summed E-state index contributed by atoms with van der Waals surface area (Å²) in [5.41, 5.74) is 2.62. The summed E-state index contributed by atoms with van der Waals surface area (Å²) in [6.45, 7) is 2.40. The van der Waals surface area contributed by atoms with Gasteiger partial charge in [0.2, 0.25) is 11.6 Å². The summed E-state index contributed by atoms with van der Waals surface area (Å²) in [7, 11) is -2.78. The Labute approximate surface area is 275 Å². The van der Waals surface area contributed by atoms with Gasteiger partial charge in [0.15, 0.2) is 28.2 Å². The summed E-state index contributed by atoms with van der Waals surface area (Å²) in [6.07, 6.45) is 2.97. The molecule has 16 heteroatoms. The number of pyridine rings is 2. The number of nitrogens with zero attached hydrogens (tertiary/aromatic N) is 7. The van der Waals surface area contributed by atoms with Crippen LogP contribution in [0, 0.1) is 6.92 Å². The maximum atomic E-state index is 13.6. The van der Waals surface area contributed by atoms with E-state index in [0.717, 1.165) is 11.1 Å². The number of aromatic nitrogens is 8. The smallest absolute Gasteiger partial charge is 0.280 e. The molecule has 6 rings (SSSR count). The van der Waals surface area contributed by atoms with E-state index in [1.165, 1.54) is 25.6 Å². The molecule has 6 aromatic rings. The Bertz CT molecular complexity index is 2080. The van der Waals surface area contributed by atoms with Crippen LogP contribution in [0.25, 0.3) is 22.9 Å². The van der Waals surface area contributed by atoms with Crippen molar-refractivity contribution < 1.29 is 27.4 Å². The molecule has 2 N–H and O–H groups in total. The van der Waals surface area contributed by atoms with Crippen molar-refractivity contribution in [1.82, 2.24) is 40.6 Å². The number of aryl methyl sites for hydroxylation is 1. The fourth-order valence-electron chi connectivity index (χ4n) is 4.35. The molecular formula is C32H29N9O6S. The number of ether oxygens (including phenoxy) is 4. The molecule has 0 unspecified atom stereocenters. The number of hydrogen-bond acceptors (Lipinski definition) is 13. The van der Waals surface area contributed by atoms with Crippen molar-refractivity contribution in [2.24, 2.45) is 0 Å². The molecular weight excluding hydrogens is 638 g/mol. The van der Waals surface area contributed by atoms with Crippen molar-refractivity contribution in [1.29, 1.82) is 0 Å². The van der Waals surface area contributed by atoms with Gasteiger partial charge in [0.05, 0.1) is 20.3 Å². The molecule has 0 fully saturated rings. The van der Waals surface area contributed by atoms with Gasteiger partial charge in [0, 0.05) is 18.0 Å². The summed E-state index contributed by atoms with van der Waals surface area (Å²) in [4.78, 5) is 17.6. The zero-order valence-corrected chi connectivity index (χ0v) is 26.6. The monoisotopic (exact) mass is 667 g/mol. The average Bonchev–Trinajstić information content (AvgIpc) is 3.65. The van der Waals surface area contributed by atoms with Crippen LogP contribution in [0.15, 0.2) is 96.3 Å². The lowest BCUT2D eigenvalue weighted by Gasteiger charge is -2.18. The van der Waals surface area contributed by atoms with E-state index in [2.05, 4.69) is 45.3 Å². The molecule has 15 nitrogen and oxygen atoms in total. The maximum Gasteiger partial charge on any atom is 0.280 e. The van der Waals surface area contributed by atoms with Gasteiger partial charge in [-0.25, -0.2) is 9.97 Å². The van der Waals surface area contributed by atoms with E-state index in [1.54, 1.807) is 49.4 Å². The van der Waals surface area contributed by atoms with Crippen LogP contribution in [0.5, 0.6) is 23.1 Å². The van der Waals surface area contributed by atoms with E-state index in [4.69, 9.17) is 18.9 Å². The highest BCUT2D eigenvalue weighted by Crippen LogP contribution is 2.41. The van der Waals surface area contributed by atoms with Crippen LogP contribution >= 0.6 is 0 Å². The van der Waals surface area contributed by atoms with E-state index in [9.17, 15) is 8.42 Å². The van der Waals surface area contributed by atoms with E-state index in [1.807, 2.05) is 30.3 Å². The number of H-pyrrole nitrogens is 1. The van der Waals surface area contributed by atoms with Gasteiger partial charge in [-0.1, -0.05) is 48.5 Å². The normalized spacial score (nSPS) is 11.2. The van der Waals surface area contributed by atoms with Crippen LogP contribution in [0.4, 0.5) is 5.82 Å². The average molecular weight is 668 g/mol. The Morgan fingerprint density at radius 3 is 2.44 bits per heavy atom. The highest BCUT2D eigenvalue weighted by Gasteiger charge is 2.26. The maximum absolute atomic E-state index is 13.6. The number of para-hydroxylation sites is 2. The van der Waals surface area contributed by atoms with Crippen LogP contribution < -0.4 is 18.9 Å². The Balaban J connectivity index is 1.42. The van der Waals surface area contributed by atoms with E-state index in [-0.39, 0.29) is 53.1 Å². The molecule has 0 atom stereocenters. The lowest BCUT2D eigenvalue weighted by Crippen LogP contribution is -2.17. The molecule has 0 aliphatic carbocycles. The molecule has 0 saturated carbocycles. The predicted octanol–water partition coefficient (Wildman–Crippen LogP) is 4.62. The number of rotatable bonds is 14. The van der Waals surface area contributed by atoms with Gasteiger partial charge in [0.1, 0.15) is 12.3 Å². The minimum Gasteiger partial charge on any atom is -0.493 e. The van der Waals surface area contributed by atoms with Gasteiger partial charge in [-0.15, -0.1) is 10.2 Å². The van der Waals surface area contributed by atoms with Crippen molar-refractivity contribution in [3.63, 3.8) is 0 Å². The SMILES string of the molecule is COc1ccccc1Oc1c(NS(=O)(=O)c2ccc(C)cn2)nc(-c2ccnc(-c3nn[nH]n3)c2)nc1OCCOCc1ccccc1. The van der Waals surface area contributed by atoms with Crippen LogP contribution in [0.2, 0.25) is 0 Å². The molecule has 244 valence electrons. The summed E-state index contributed by atoms with van der Waals surface area (Å²) in [5.74, 6) is 0.573. The molecule has 0 radical (unpaired) electrons. The second kappa shape index (κ2) is 14.6. The van der Waals surface area contributed by atoms with Crippen molar-refractivity contribution in [3.05, 3.63) is 102 Å². The van der Waals surface area contributed by atoms with Gasteiger partial charge in [-0.3, -0.25) is 9.71 Å². The van der Waals surface area contributed by atoms with Crippen molar-refractivity contribution in [2.45, 2.75) is 18.6 Å². The first-order valence-corrected chi connectivity index (χ1v) is 16.0. The summed E-state index contributed by atoms with van der Waals surface area (Å²) in [5, 5.41) is 13.7. The number of hydrogen-bond donors (Lipinski definition) is 2. The second-order valence-corrected chi connectivity index (χ2v) is 11.7.